The Morgan fingerprint density at radius 2 is 2.31 bits per heavy atom. The molecule has 0 amide bonds. The first-order chi connectivity index (χ1) is 7.63. The lowest BCUT2D eigenvalue weighted by atomic mass is 10.2. The van der Waals surface area contributed by atoms with Crippen LogP contribution < -0.4 is 0 Å². The minimum absolute atomic E-state index is 0.220. The average molecular weight is 243 g/mol. The Bertz CT molecular complexity index is 339. The van der Waals surface area contributed by atoms with Gasteiger partial charge in [0.1, 0.15) is 5.82 Å². The molecule has 0 saturated carbocycles. The number of esters is 1. The fraction of sp³-hybridized carbons (Fsp3) is 0.700. The van der Waals surface area contributed by atoms with Crippen LogP contribution in [-0.4, -0.2) is 33.5 Å². The molecule has 5 nitrogen and oxygen atoms in total. The van der Waals surface area contributed by atoms with Crippen LogP contribution in [0.4, 0.5) is 0 Å². The zero-order chi connectivity index (χ0) is 12.0. The number of nitrogens with zero attached hydrogens (tertiary/aromatic N) is 2. The molecule has 0 aliphatic heterocycles. The van der Waals surface area contributed by atoms with Gasteiger partial charge in [-0.15, -0.1) is 5.10 Å². The van der Waals surface area contributed by atoms with Gasteiger partial charge in [-0.1, -0.05) is 32.5 Å². The van der Waals surface area contributed by atoms with Gasteiger partial charge in [-0.05, 0) is 6.42 Å². The number of carbonyl (C=O) groups is 1. The van der Waals surface area contributed by atoms with Crippen molar-refractivity contribution in [1.29, 1.82) is 0 Å². The lowest BCUT2D eigenvalue weighted by Gasteiger charge is -2.00. The first kappa shape index (κ1) is 13.0. The molecule has 90 valence electrons. The van der Waals surface area contributed by atoms with E-state index in [2.05, 4.69) is 15.2 Å². The number of aromatic nitrogens is 3. The molecule has 0 fully saturated rings. The van der Waals surface area contributed by atoms with Crippen LogP contribution >= 0.6 is 11.8 Å². The molecule has 0 atom stereocenters. The Balaban J connectivity index is 2.33. The molecule has 0 aliphatic rings. The molecule has 0 spiro atoms. The van der Waals surface area contributed by atoms with Gasteiger partial charge >= 0.3 is 5.97 Å². The van der Waals surface area contributed by atoms with E-state index in [0.717, 1.165) is 12.2 Å². The summed E-state index contributed by atoms with van der Waals surface area (Å²) in [5.74, 6) is 1.19. The number of ether oxygens (including phenoxy) is 1. The van der Waals surface area contributed by atoms with Crippen LogP contribution in [0.5, 0.6) is 0 Å². The smallest absolute Gasteiger partial charge is 0.316 e. The van der Waals surface area contributed by atoms with Crippen molar-refractivity contribution in [3.05, 3.63) is 5.82 Å². The van der Waals surface area contributed by atoms with Gasteiger partial charge in [0.15, 0.2) is 0 Å². The molecule has 0 aromatic carbocycles. The van der Waals surface area contributed by atoms with Gasteiger partial charge in [0.05, 0.1) is 12.4 Å². The number of hydrogen-bond donors (Lipinski definition) is 1. The highest BCUT2D eigenvalue weighted by Crippen LogP contribution is 2.15. The van der Waals surface area contributed by atoms with Gasteiger partial charge in [0.25, 0.3) is 0 Å². The number of H-pyrrole nitrogens is 1. The van der Waals surface area contributed by atoms with Crippen LogP contribution in [0.1, 0.15) is 38.9 Å². The van der Waals surface area contributed by atoms with Gasteiger partial charge in [-0.2, -0.15) is 0 Å². The highest BCUT2D eigenvalue weighted by molar-refractivity contribution is 7.99. The lowest BCUT2D eigenvalue weighted by Crippen LogP contribution is -2.07. The van der Waals surface area contributed by atoms with E-state index in [1.54, 1.807) is 0 Å². The molecule has 1 heterocycles. The molecular weight excluding hydrogens is 226 g/mol. The number of hydrogen-bond acceptors (Lipinski definition) is 5. The number of aromatic amines is 1. The van der Waals surface area contributed by atoms with E-state index in [-0.39, 0.29) is 11.7 Å². The SMILES string of the molecule is CCCOC(=O)CSc1n[nH]c(C(C)C)n1. The Morgan fingerprint density at radius 1 is 1.56 bits per heavy atom. The predicted octanol–water partition coefficient (Wildman–Crippen LogP) is 1.97. The van der Waals surface area contributed by atoms with Crippen molar-refractivity contribution in [3.8, 4) is 0 Å². The van der Waals surface area contributed by atoms with Gasteiger partial charge in [-0.3, -0.25) is 9.89 Å². The maximum Gasteiger partial charge on any atom is 0.316 e. The van der Waals surface area contributed by atoms with Crippen molar-refractivity contribution in [3.63, 3.8) is 0 Å². The molecule has 1 aromatic rings. The highest BCUT2D eigenvalue weighted by atomic mass is 32.2. The molecule has 16 heavy (non-hydrogen) atoms. The van der Waals surface area contributed by atoms with Crippen molar-refractivity contribution in [2.75, 3.05) is 12.4 Å². The Morgan fingerprint density at radius 3 is 2.88 bits per heavy atom. The standard InChI is InChI=1S/C10H17N3O2S/c1-4-5-15-8(14)6-16-10-11-9(7(2)3)12-13-10/h7H,4-6H2,1-3H3,(H,11,12,13). The molecule has 0 radical (unpaired) electrons. The third-order valence-corrected chi connectivity index (χ3v) is 2.64. The van der Waals surface area contributed by atoms with Crippen LogP contribution in [0, 0.1) is 0 Å². The summed E-state index contributed by atoms with van der Waals surface area (Å²) in [6.07, 6.45) is 0.842. The third-order valence-electron chi connectivity index (χ3n) is 1.82. The summed E-state index contributed by atoms with van der Waals surface area (Å²) in [7, 11) is 0. The van der Waals surface area contributed by atoms with E-state index >= 15 is 0 Å². The third kappa shape index (κ3) is 4.22. The molecule has 0 bridgehead atoms. The van der Waals surface area contributed by atoms with Crippen molar-refractivity contribution in [2.45, 2.75) is 38.3 Å². The summed E-state index contributed by atoms with van der Waals surface area (Å²) in [6.45, 7) is 6.50. The summed E-state index contributed by atoms with van der Waals surface area (Å²) in [4.78, 5) is 15.5. The number of thioether (sulfide) groups is 1. The summed E-state index contributed by atoms with van der Waals surface area (Å²) >= 11 is 1.29. The molecule has 1 N–H and O–H groups in total. The Kier molecular flexibility index (Phi) is 5.31. The lowest BCUT2D eigenvalue weighted by molar-refractivity contribution is -0.140. The van der Waals surface area contributed by atoms with Crippen LogP contribution in [0.25, 0.3) is 0 Å². The normalized spacial score (nSPS) is 10.8. The van der Waals surface area contributed by atoms with E-state index in [9.17, 15) is 4.79 Å². The highest BCUT2D eigenvalue weighted by Gasteiger charge is 2.09. The fourth-order valence-electron chi connectivity index (χ4n) is 0.962. The van der Waals surface area contributed by atoms with E-state index in [4.69, 9.17) is 4.74 Å². The number of nitrogens with one attached hydrogen (secondary N) is 1. The van der Waals surface area contributed by atoms with E-state index in [1.807, 2.05) is 20.8 Å². The summed E-state index contributed by atoms with van der Waals surface area (Å²) < 4.78 is 4.94. The van der Waals surface area contributed by atoms with Crippen molar-refractivity contribution in [2.24, 2.45) is 0 Å². The van der Waals surface area contributed by atoms with Crippen LogP contribution in [-0.2, 0) is 9.53 Å². The number of rotatable bonds is 6. The summed E-state index contributed by atoms with van der Waals surface area (Å²) in [5, 5.41) is 7.44. The largest absolute Gasteiger partial charge is 0.465 e. The monoisotopic (exact) mass is 243 g/mol. The Hall–Kier alpha value is -1.04. The second kappa shape index (κ2) is 6.52. The first-order valence-corrected chi connectivity index (χ1v) is 6.32. The maximum atomic E-state index is 11.2. The van der Waals surface area contributed by atoms with Gasteiger partial charge in [-0.25, -0.2) is 4.98 Å². The minimum Gasteiger partial charge on any atom is -0.465 e. The van der Waals surface area contributed by atoms with Gasteiger partial charge < -0.3 is 4.74 Å². The molecule has 6 heteroatoms. The van der Waals surface area contributed by atoms with Crippen molar-refractivity contribution < 1.29 is 9.53 Å². The molecule has 0 aliphatic carbocycles. The van der Waals surface area contributed by atoms with Crippen LogP contribution in [0.2, 0.25) is 0 Å². The van der Waals surface area contributed by atoms with E-state index in [0.29, 0.717) is 17.7 Å². The number of carbonyl (C=O) groups excluding carboxylic acids is 1. The topological polar surface area (TPSA) is 67.9 Å². The van der Waals surface area contributed by atoms with Crippen molar-refractivity contribution in [1.82, 2.24) is 15.2 Å². The second-order valence-corrected chi connectivity index (χ2v) is 4.61. The van der Waals surface area contributed by atoms with E-state index < -0.39 is 0 Å². The van der Waals surface area contributed by atoms with Gasteiger partial charge in [0, 0.05) is 5.92 Å². The molecule has 0 saturated heterocycles. The summed E-state index contributed by atoms with van der Waals surface area (Å²) in [5.41, 5.74) is 0. The van der Waals surface area contributed by atoms with E-state index in [1.165, 1.54) is 11.8 Å². The maximum absolute atomic E-state index is 11.2. The van der Waals surface area contributed by atoms with Gasteiger partial charge in [0.2, 0.25) is 5.16 Å². The fourth-order valence-corrected chi connectivity index (χ4v) is 1.57. The summed E-state index contributed by atoms with van der Waals surface area (Å²) in [6, 6.07) is 0. The second-order valence-electron chi connectivity index (χ2n) is 3.67. The average Bonchev–Trinajstić information content (AvgIpc) is 2.72. The molecular formula is C10H17N3O2S. The Labute approximate surface area is 99.4 Å². The zero-order valence-electron chi connectivity index (χ0n) is 9.82. The van der Waals surface area contributed by atoms with Crippen LogP contribution in [0.3, 0.4) is 0 Å². The molecule has 1 aromatic heterocycles. The molecule has 1 rings (SSSR count). The first-order valence-electron chi connectivity index (χ1n) is 5.34. The predicted molar refractivity (Wildman–Crippen MR) is 62.4 cm³/mol. The van der Waals surface area contributed by atoms with Crippen molar-refractivity contribution >= 4 is 17.7 Å². The zero-order valence-corrected chi connectivity index (χ0v) is 10.6. The quantitative estimate of drug-likeness (QED) is 0.611. The minimum atomic E-state index is -0.220. The molecule has 0 unspecified atom stereocenters. The van der Waals surface area contributed by atoms with Crippen LogP contribution in [0.15, 0.2) is 5.16 Å².